The maximum absolute atomic E-state index is 10.3. The van der Waals surface area contributed by atoms with E-state index in [1.165, 1.54) is 13.0 Å². The van der Waals surface area contributed by atoms with Crippen molar-refractivity contribution in [2.45, 2.75) is 13.5 Å². The fraction of sp³-hybridized carbons (Fsp3) is 0.200. The van der Waals surface area contributed by atoms with E-state index in [0.717, 1.165) is 11.1 Å². The van der Waals surface area contributed by atoms with Gasteiger partial charge in [0.1, 0.15) is 0 Å². The molecule has 1 aromatic carbocycles. The molecule has 0 aliphatic heterocycles. The van der Waals surface area contributed by atoms with Crippen LogP contribution in [-0.4, -0.2) is 4.92 Å². The second-order valence-electron chi connectivity index (χ2n) is 2.99. The average Bonchev–Trinajstić information content (AvgIpc) is 2.19. The molecule has 0 saturated heterocycles. The number of benzene rings is 1. The van der Waals surface area contributed by atoms with Gasteiger partial charge < -0.3 is 5.73 Å². The molecule has 0 bridgehead atoms. The van der Waals surface area contributed by atoms with Gasteiger partial charge in [-0.15, -0.1) is 0 Å². The first-order chi connectivity index (χ1) is 6.63. The molecule has 74 valence electrons. The predicted octanol–water partition coefficient (Wildman–Crippen LogP) is 1.78. The highest BCUT2D eigenvalue weighted by Crippen LogP contribution is 2.08. The quantitative estimate of drug-likeness (QED) is 0.586. The Morgan fingerprint density at radius 2 is 2.07 bits per heavy atom. The third-order valence-corrected chi connectivity index (χ3v) is 1.88. The second kappa shape index (κ2) is 4.53. The fourth-order valence-corrected chi connectivity index (χ4v) is 1.04. The number of hydrogen-bond acceptors (Lipinski definition) is 3. The fourth-order valence-electron chi connectivity index (χ4n) is 1.04. The van der Waals surface area contributed by atoms with Crippen LogP contribution in [0.25, 0.3) is 6.08 Å². The number of rotatable bonds is 3. The highest BCUT2D eigenvalue weighted by atomic mass is 16.6. The number of nitrogens with zero attached hydrogens (tertiary/aromatic N) is 1. The number of nitro groups is 1. The van der Waals surface area contributed by atoms with Crippen LogP contribution in [0.15, 0.2) is 30.0 Å². The first kappa shape index (κ1) is 10.4. The van der Waals surface area contributed by atoms with E-state index in [-0.39, 0.29) is 5.70 Å². The highest BCUT2D eigenvalue weighted by molar-refractivity contribution is 5.50. The van der Waals surface area contributed by atoms with Crippen molar-refractivity contribution in [3.8, 4) is 0 Å². The number of nitrogens with two attached hydrogens (primary N) is 1. The molecule has 1 aromatic rings. The standard InChI is InChI=1S/C10H12N2O2/c1-8(12(13)14)6-9-2-4-10(7-11)5-3-9/h2-6H,7,11H2,1H3/b8-6+. The van der Waals surface area contributed by atoms with Crippen LogP contribution in [-0.2, 0) is 6.54 Å². The summed E-state index contributed by atoms with van der Waals surface area (Å²) >= 11 is 0. The van der Waals surface area contributed by atoms with E-state index in [0.29, 0.717) is 6.54 Å². The van der Waals surface area contributed by atoms with Gasteiger partial charge in [0.2, 0.25) is 5.70 Å². The molecule has 0 aromatic heterocycles. The Kier molecular flexibility index (Phi) is 3.36. The number of allylic oxidation sites excluding steroid dienone is 1. The van der Waals surface area contributed by atoms with Crippen molar-refractivity contribution < 1.29 is 4.92 Å². The predicted molar refractivity (Wildman–Crippen MR) is 55.0 cm³/mol. The van der Waals surface area contributed by atoms with Crippen LogP contribution in [0.4, 0.5) is 0 Å². The van der Waals surface area contributed by atoms with Crippen molar-refractivity contribution in [2.75, 3.05) is 0 Å². The first-order valence-electron chi connectivity index (χ1n) is 4.25. The molecule has 14 heavy (non-hydrogen) atoms. The molecule has 0 saturated carbocycles. The molecule has 0 aliphatic rings. The van der Waals surface area contributed by atoms with Gasteiger partial charge in [-0.1, -0.05) is 24.3 Å². The lowest BCUT2D eigenvalue weighted by Crippen LogP contribution is -1.96. The Labute approximate surface area is 82.2 Å². The van der Waals surface area contributed by atoms with Gasteiger partial charge in [-0.25, -0.2) is 0 Å². The van der Waals surface area contributed by atoms with Crippen molar-refractivity contribution in [3.05, 3.63) is 51.2 Å². The minimum atomic E-state index is -0.406. The largest absolute Gasteiger partial charge is 0.326 e. The summed E-state index contributed by atoms with van der Waals surface area (Å²) in [5.74, 6) is 0. The molecule has 0 unspecified atom stereocenters. The topological polar surface area (TPSA) is 69.2 Å². The normalized spacial score (nSPS) is 11.4. The van der Waals surface area contributed by atoms with Gasteiger partial charge >= 0.3 is 0 Å². The molecular formula is C10H12N2O2. The minimum absolute atomic E-state index is 0.130. The highest BCUT2D eigenvalue weighted by Gasteiger charge is 2.01. The van der Waals surface area contributed by atoms with Crippen molar-refractivity contribution in [1.29, 1.82) is 0 Å². The summed E-state index contributed by atoms with van der Waals surface area (Å²) in [6.07, 6.45) is 1.53. The Morgan fingerprint density at radius 3 is 2.50 bits per heavy atom. The van der Waals surface area contributed by atoms with Crippen LogP contribution in [0.2, 0.25) is 0 Å². The maximum Gasteiger partial charge on any atom is 0.243 e. The molecule has 4 heteroatoms. The van der Waals surface area contributed by atoms with E-state index in [1.54, 1.807) is 0 Å². The minimum Gasteiger partial charge on any atom is -0.326 e. The molecule has 0 radical (unpaired) electrons. The summed E-state index contributed by atoms with van der Waals surface area (Å²) in [7, 11) is 0. The van der Waals surface area contributed by atoms with E-state index in [4.69, 9.17) is 5.73 Å². The molecule has 0 amide bonds. The Hall–Kier alpha value is -1.68. The third-order valence-electron chi connectivity index (χ3n) is 1.88. The molecule has 0 spiro atoms. The Bertz CT molecular complexity index is 355. The summed E-state index contributed by atoms with van der Waals surface area (Å²) in [4.78, 5) is 9.94. The summed E-state index contributed by atoms with van der Waals surface area (Å²) in [6.45, 7) is 1.95. The van der Waals surface area contributed by atoms with Crippen LogP contribution in [0.5, 0.6) is 0 Å². The lowest BCUT2D eigenvalue weighted by Gasteiger charge is -1.97. The van der Waals surface area contributed by atoms with Crippen LogP contribution in [0.1, 0.15) is 18.1 Å². The summed E-state index contributed by atoms with van der Waals surface area (Å²) in [5.41, 5.74) is 7.39. The van der Waals surface area contributed by atoms with Crippen molar-refractivity contribution in [1.82, 2.24) is 0 Å². The van der Waals surface area contributed by atoms with Crippen LogP contribution in [0, 0.1) is 10.1 Å². The van der Waals surface area contributed by atoms with E-state index < -0.39 is 4.92 Å². The zero-order valence-corrected chi connectivity index (χ0v) is 7.93. The summed E-state index contributed by atoms with van der Waals surface area (Å²) in [5, 5.41) is 10.3. The van der Waals surface area contributed by atoms with Gasteiger partial charge in [-0.05, 0) is 11.1 Å². The van der Waals surface area contributed by atoms with E-state index in [9.17, 15) is 10.1 Å². The Morgan fingerprint density at radius 1 is 1.50 bits per heavy atom. The maximum atomic E-state index is 10.3. The third kappa shape index (κ3) is 2.67. The molecule has 0 atom stereocenters. The Balaban J connectivity index is 2.88. The SMILES string of the molecule is C/C(=C\c1ccc(CN)cc1)[N+](=O)[O-]. The van der Waals surface area contributed by atoms with E-state index >= 15 is 0 Å². The number of hydrogen-bond donors (Lipinski definition) is 1. The smallest absolute Gasteiger partial charge is 0.243 e. The van der Waals surface area contributed by atoms with Gasteiger partial charge in [0.05, 0.1) is 4.92 Å². The first-order valence-corrected chi connectivity index (χ1v) is 4.25. The van der Waals surface area contributed by atoms with Crippen molar-refractivity contribution >= 4 is 6.08 Å². The van der Waals surface area contributed by atoms with Crippen LogP contribution in [0.3, 0.4) is 0 Å². The van der Waals surface area contributed by atoms with Crippen molar-refractivity contribution in [2.24, 2.45) is 5.73 Å². The lowest BCUT2D eigenvalue weighted by molar-refractivity contribution is -0.422. The zero-order chi connectivity index (χ0) is 10.6. The molecule has 1 rings (SSSR count). The summed E-state index contributed by atoms with van der Waals surface area (Å²) in [6, 6.07) is 7.35. The molecular weight excluding hydrogens is 180 g/mol. The lowest BCUT2D eigenvalue weighted by atomic mass is 10.1. The monoisotopic (exact) mass is 192 g/mol. The average molecular weight is 192 g/mol. The van der Waals surface area contributed by atoms with E-state index in [1.807, 2.05) is 24.3 Å². The van der Waals surface area contributed by atoms with Crippen LogP contribution < -0.4 is 5.73 Å². The molecule has 4 nitrogen and oxygen atoms in total. The van der Waals surface area contributed by atoms with Crippen molar-refractivity contribution in [3.63, 3.8) is 0 Å². The molecule has 0 aliphatic carbocycles. The molecule has 2 N–H and O–H groups in total. The van der Waals surface area contributed by atoms with Crippen LogP contribution >= 0.6 is 0 Å². The van der Waals surface area contributed by atoms with E-state index in [2.05, 4.69) is 0 Å². The molecule has 0 fully saturated rings. The second-order valence-corrected chi connectivity index (χ2v) is 2.99. The zero-order valence-electron chi connectivity index (χ0n) is 7.93. The molecule has 0 heterocycles. The summed E-state index contributed by atoms with van der Waals surface area (Å²) < 4.78 is 0. The van der Waals surface area contributed by atoms with Gasteiger partial charge in [0.25, 0.3) is 0 Å². The van der Waals surface area contributed by atoms with Gasteiger partial charge in [0.15, 0.2) is 0 Å². The van der Waals surface area contributed by atoms with Gasteiger partial charge in [0, 0.05) is 19.5 Å². The van der Waals surface area contributed by atoms with Gasteiger partial charge in [-0.2, -0.15) is 0 Å². The van der Waals surface area contributed by atoms with Gasteiger partial charge in [-0.3, -0.25) is 10.1 Å².